The maximum atomic E-state index is 13.2. The van der Waals surface area contributed by atoms with Gasteiger partial charge in [-0.2, -0.15) is 5.26 Å². The summed E-state index contributed by atoms with van der Waals surface area (Å²) in [7, 11) is 0. The number of halogens is 2. The molecule has 3 rings (SSSR count). The second kappa shape index (κ2) is 3.39. The van der Waals surface area contributed by atoms with Gasteiger partial charge >= 0.3 is 0 Å². The van der Waals surface area contributed by atoms with Crippen molar-refractivity contribution < 1.29 is 8.78 Å². The lowest BCUT2D eigenvalue weighted by Crippen LogP contribution is -1.93. The molecule has 0 spiro atoms. The lowest BCUT2D eigenvalue weighted by atomic mass is 9.99. The SMILES string of the molecule is N#CC1c2cc(F)ccc2-c2ccc(F)cc21. The fourth-order valence-corrected chi connectivity index (χ4v) is 2.34. The molecular weight excluding hydrogens is 220 g/mol. The molecule has 0 saturated carbocycles. The minimum atomic E-state index is -0.577. The van der Waals surface area contributed by atoms with Gasteiger partial charge in [0.1, 0.15) is 11.6 Å². The summed E-state index contributed by atoms with van der Waals surface area (Å²) >= 11 is 0. The van der Waals surface area contributed by atoms with Crippen molar-refractivity contribution in [1.82, 2.24) is 0 Å². The van der Waals surface area contributed by atoms with Crippen molar-refractivity contribution in [2.24, 2.45) is 0 Å². The van der Waals surface area contributed by atoms with E-state index >= 15 is 0 Å². The van der Waals surface area contributed by atoms with Gasteiger partial charge in [0.2, 0.25) is 0 Å². The van der Waals surface area contributed by atoms with Crippen molar-refractivity contribution >= 4 is 0 Å². The van der Waals surface area contributed by atoms with E-state index < -0.39 is 5.92 Å². The Hall–Kier alpha value is -2.21. The molecule has 0 heterocycles. The van der Waals surface area contributed by atoms with Gasteiger partial charge in [0, 0.05) is 0 Å². The van der Waals surface area contributed by atoms with Gasteiger partial charge in [-0.3, -0.25) is 0 Å². The van der Waals surface area contributed by atoms with Crippen LogP contribution < -0.4 is 0 Å². The first kappa shape index (κ1) is 9.98. The van der Waals surface area contributed by atoms with E-state index in [1.807, 2.05) is 0 Å². The van der Waals surface area contributed by atoms with Crippen LogP contribution in [0.1, 0.15) is 17.0 Å². The van der Waals surface area contributed by atoms with Crippen LogP contribution >= 0.6 is 0 Å². The summed E-state index contributed by atoms with van der Waals surface area (Å²) in [6.45, 7) is 0. The fourth-order valence-electron chi connectivity index (χ4n) is 2.34. The van der Waals surface area contributed by atoms with Crippen LogP contribution in [0.2, 0.25) is 0 Å². The van der Waals surface area contributed by atoms with Crippen molar-refractivity contribution in [3.05, 3.63) is 59.2 Å². The van der Waals surface area contributed by atoms with E-state index in [0.717, 1.165) is 11.1 Å². The molecule has 1 nitrogen and oxygen atoms in total. The number of fused-ring (bicyclic) bond motifs is 3. The van der Waals surface area contributed by atoms with E-state index in [0.29, 0.717) is 11.1 Å². The van der Waals surface area contributed by atoms with Gasteiger partial charge < -0.3 is 0 Å². The van der Waals surface area contributed by atoms with Crippen LogP contribution in [0.25, 0.3) is 11.1 Å². The van der Waals surface area contributed by atoms with Gasteiger partial charge in [-0.05, 0) is 46.5 Å². The second-order valence-corrected chi connectivity index (χ2v) is 4.03. The third-order valence-corrected chi connectivity index (χ3v) is 3.07. The molecule has 0 unspecified atom stereocenters. The van der Waals surface area contributed by atoms with Crippen molar-refractivity contribution in [1.29, 1.82) is 5.26 Å². The Balaban J connectivity index is 2.33. The van der Waals surface area contributed by atoms with Crippen LogP contribution in [0.4, 0.5) is 8.78 Å². The molecule has 0 bridgehead atoms. The Morgan fingerprint density at radius 2 is 1.35 bits per heavy atom. The van der Waals surface area contributed by atoms with E-state index in [1.54, 1.807) is 12.1 Å². The van der Waals surface area contributed by atoms with E-state index in [2.05, 4.69) is 6.07 Å². The molecule has 82 valence electrons. The van der Waals surface area contributed by atoms with Crippen LogP contribution in [0.3, 0.4) is 0 Å². The highest BCUT2D eigenvalue weighted by atomic mass is 19.1. The number of nitrogens with zero attached hydrogens (tertiary/aromatic N) is 1. The molecule has 17 heavy (non-hydrogen) atoms. The Morgan fingerprint density at radius 1 is 0.882 bits per heavy atom. The maximum absolute atomic E-state index is 13.2. The molecule has 0 aromatic heterocycles. The largest absolute Gasteiger partial charge is 0.207 e. The average molecular weight is 227 g/mol. The maximum Gasteiger partial charge on any atom is 0.123 e. The average Bonchev–Trinajstić information content (AvgIpc) is 2.60. The third kappa shape index (κ3) is 1.34. The van der Waals surface area contributed by atoms with Crippen LogP contribution in [0.5, 0.6) is 0 Å². The van der Waals surface area contributed by atoms with Crippen LogP contribution in [-0.4, -0.2) is 0 Å². The van der Waals surface area contributed by atoms with Gasteiger partial charge in [-0.15, -0.1) is 0 Å². The topological polar surface area (TPSA) is 23.8 Å². The second-order valence-electron chi connectivity index (χ2n) is 4.03. The molecule has 1 aliphatic rings. The number of nitriles is 1. The molecule has 2 aromatic carbocycles. The highest BCUT2D eigenvalue weighted by Crippen LogP contribution is 2.44. The van der Waals surface area contributed by atoms with E-state index in [9.17, 15) is 8.78 Å². The van der Waals surface area contributed by atoms with Gasteiger partial charge in [-0.1, -0.05) is 12.1 Å². The van der Waals surface area contributed by atoms with Gasteiger partial charge in [0.25, 0.3) is 0 Å². The Kier molecular flexibility index (Phi) is 1.99. The summed E-state index contributed by atoms with van der Waals surface area (Å²) in [6, 6.07) is 10.8. The molecule has 0 radical (unpaired) electrons. The molecule has 2 aromatic rings. The summed E-state index contributed by atoms with van der Waals surface area (Å²) < 4.78 is 26.4. The molecular formula is C14H7F2N. The smallest absolute Gasteiger partial charge is 0.123 e. The van der Waals surface area contributed by atoms with Crippen LogP contribution in [0.15, 0.2) is 36.4 Å². The van der Waals surface area contributed by atoms with Crippen molar-refractivity contribution in [2.75, 3.05) is 0 Å². The molecule has 0 amide bonds. The summed E-state index contributed by atoms with van der Waals surface area (Å²) in [4.78, 5) is 0. The standard InChI is InChI=1S/C14H7F2N/c15-8-1-3-10-11-4-2-9(16)6-13(11)14(7-17)12(10)5-8/h1-6,14H. The predicted molar refractivity (Wildman–Crippen MR) is 59.3 cm³/mol. The molecule has 1 aliphatic carbocycles. The number of hydrogen-bond acceptors (Lipinski definition) is 1. The molecule has 0 fully saturated rings. The monoisotopic (exact) mass is 227 g/mol. The Morgan fingerprint density at radius 3 is 1.76 bits per heavy atom. The van der Waals surface area contributed by atoms with Gasteiger partial charge in [-0.25, -0.2) is 8.78 Å². The van der Waals surface area contributed by atoms with Crippen LogP contribution in [-0.2, 0) is 0 Å². The Bertz CT molecular complexity index is 604. The molecule has 3 heteroatoms. The lowest BCUT2D eigenvalue weighted by Gasteiger charge is -2.02. The van der Waals surface area contributed by atoms with E-state index in [-0.39, 0.29) is 11.6 Å². The van der Waals surface area contributed by atoms with Crippen molar-refractivity contribution in [3.63, 3.8) is 0 Å². The molecule has 0 saturated heterocycles. The minimum Gasteiger partial charge on any atom is -0.207 e. The highest BCUT2D eigenvalue weighted by Gasteiger charge is 2.29. The van der Waals surface area contributed by atoms with Gasteiger partial charge in [0.05, 0.1) is 12.0 Å². The lowest BCUT2D eigenvalue weighted by molar-refractivity contribution is 0.624. The fraction of sp³-hybridized carbons (Fsp3) is 0.0714. The summed E-state index contributed by atoms with van der Waals surface area (Å²) in [5.41, 5.74) is 2.86. The quantitative estimate of drug-likeness (QED) is 0.674. The van der Waals surface area contributed by atoms with E-state index in [4.69, 9.17) is 5.26 Å². The summed E-state index contributed by atoms with van der Waals surface area (Å²) in [5.74, 6) is -1.33. The van der Waals surface area contributed by atoms with Crippen molar-refractivity contribution in [2.45, 2.75) is 5.92 Å². The zero-order valence-corrected chi connectivity index (χ0v) is 8.74. The number of hydrogen-bond donors (Lipinski definition) is 0. The molecule has 0 aliphatic heterocycles. The normalized spacial score (nSPS) is 13.0. The third-order valence-electron chi connectivity index (χ3n) is 3.07. The van der Waals surface area contributed by atoms with E-state index in [1.165, 1.54) is 24.3 Å². The molecule has 0 N–H and O–H groups in total. The first-order chi connectivity index (χ1) is 8.20. The van der Waals surface area contributed by atoms with Crippen LogP contribution in [0, 0.1) is 23.0 Å². The minimum absolute atomic E-state index is 0.378. The Labute approximate surface area is 96.9 Å². The van der Waals surface area contributed by atoms with Crippen molar-refractivity contribution in [3.8, 4) is 17.2 Å². The van der Waals surface area contributed by atoms with Gasteiger partial charge in [0.15, 0.2) is 0 Å². The summed E-state index contributed by atoms with van der Waals surface area (Å²) in [6.07, 6.45) is 0. The summed E-state index contributed by atoms with van der Waals surface area (Å²) in [5, 5.41) is 9.15. The first-order valence-corrected chi connectivity index (χ1v) is 5.19. The zero-order valence-electron chi connectivity index (χ0n) is 8.74. The first-order valence-electron chi connectivity index (χ1n) is 5.19. The highest BCUT2D eigenvalue weighted by molar-refractivity contribution is 5.80. The predicted octanol–water partition coefficient (Wildman–Crippen LogP) is 3.60. The molecule has 0 atom stereocenters. The number of rotatable bonds is 0. The zero-order chi connectivity index (χ0) is 12.0. The number of benzene rings is 2.